The lowest BCUT2D eigenvalue weighted by Gasteiger charge is -2.21. The number of hydrogen-bond acceptors (Lipinski definition) is 5. The van der Waals surface area contributed by atoms with Gasteiger partial charge in [-0.15, -0.1) is 0 Å². The Labute approximate surface area is 129 Å². The molecule has 3 N–H and O–H groups in total. The Morgan fingerprint density at radius 3 is 2.18 bits per heavy atom. The lowest BCUT2D eigenvalue weighted by Crippen LogP contribution is -2.32. The van der Waals surface area contributed by atoms with Crippen molar-refractivity contribution in [1.29, 1.82) is 0 Å². The molecule has 0 spiro atoms. The molecule has 0 aromatic heterocycles. The van der Waals surface area contributed by atoms with Crippen LogP contribution in [-0.4, -0.2) is 30.3 Å². The molecule has 6 nitrogen and oxygen atoms in total. The molecule has 0 saturated carbocycles. The van der Waals surface area contributed by atoms with Crippen molar-refractivity contribution in [3.05, 3.63) is 35.4 Å². The SMILES string of the molecule is CCOP(=O)(OCC)C(F)c1ccc(C[C@H](N)C(=O)O)cc1. The molecule has 0 bridgehead atoms. The molecule has 1 unspecified atom stereocenters. The summed E-state index contributed by atoms with van der Waals surface area (Å²) in [6.07, 6.45) is 0.126. The number of carbonyl (C=O) groups is 1. The van der Waals surface area contributed by atoms with E-state index in [4.69, 9.17) is 19.9 Å². The Hall–Kier alpha value is -1.27. The van der Waals surface area contributed by atoms with Gasteiger partial charge >= 0.3 is 13.6 Å². The number of carboxylic acids is 1. The first kappa shape index (κ1) is 18.8. The molecule has 1 aromatic carbocycles. The average molecular weight is 333 g/mol. The average Bonchev–Trinajstić information content (AvgIpc) is 2.47. The van der Waals surface area contributed by atoms with Crippen molar-refractivity contribution < 1.29 is 27.9 Å². The maximum atomic E-state index is 14.4. The Kier molecular flexibility index (Phi) is 7.16. The minimum atomic E-state index is -3.88. The van der Waals surface area contributed by atoms with E-state index < -0.39 is 25.5 Å². The van der Waals surface area contributed by atoms with Crippen molar-refractivity contribution in [3.63, 3.8) is 0 Å². The van der Waals surface area contributed by atoms with Crippen molar-refractivity contribution in [2.24, 2.45) is 5.73 Å². The molecule has 22 heavy (non-hydrogen) atoms. The second-order valence-electron chi connectivity index (χ2n) is 4.60. The summed E-state index contributed by atoms with van der Waals surface area (Å²) in [4.78, 5) is 10.7. The number of alkyl halides is 1. The van der Waals surface area contributed by atoms with Crippen LogP contribution >= 0.6 is 7.60 Å². The van der Waals surface area contributed by atoms with Gasteiger partial charge in [-0.2, -0.15) is 0 Å². The topological polar surface area (TPSA) is 98.9 Å². The first-order valence-corrected chi connectivity index (χ1v) is 8.55. The first-order valence-electron chi connectivity index (χ1n) is 6.94. The van der Waals surface area contributed by atoms with Gasteiger partial charge in [-0.25, -0.2) is 4.39 Å². The summed E-state index contributed by atoms with van der Waals surface area (Å²) in [7, 11) is -3.88. The van der Waals surface area contributed by atoms with Crippen LogP contribution in [0.4, 0.5) is 4.39 Å². The third-order valence-electron chi connectivity index (χ3n) is 2.92. The van der Waals surface area contributed by atoms with Crippen LogP contribution in [0.2, 0.25) is 0 Å². The number of aliphatic carboxylic acids is 1. The molecule has 0 heterocycles. The monoisotopic (exact) mass is 333 g/mol. The fourth-order valence-electron chi connectivity index (χ4n) is 1.86. The van der Waals surface area contributed by atoms with Crippen LogP contribution in [0.15, 0.2) is 24.3 Å². The van der Waals surface area contributed by atoms with E-state index in [1.54, 1.807) is 26.0 Å². The van der Waals surface area contributed by atoms with Crippen molar-refractivity contribution >= 4 is 13.6 Å². The third-order valence-corrected chi connectivity index (χ3v) is 5.01. The molecule has 1 rings (SSSR count). The number of rotatable bonds is 9. The van der Waals surface area contributed by atoms with Gasteiger partial charge in [-0.1, -0.05) is 24.3 Å². The number of nitrogens with two attached hydrogens (primary N) is 1. The number of benzene rings is 1. The second kappa shape index (κ2) is 8.39. The minimum Gasteiger partial charge on any atom is -0.480 e. The van der Waals surface area contributed by atoms with Crippen molar-refractivity contribution in [3.8, 4) is 0 Å². The zero-order valence-corrected chi connectivity index (χ0v) is 13.5. The largest absolute Gasteiger partial charge is 0.480 e. The standard InChI is InChI=1S/C14H21FNO5P/c1-3-20-22(19,21-4-2)13(15)11-7-5-10(6-8-11)9-12(16)14(17)18/h5-8,12-13H,3-4,9,16H2,1-2H3,(H,17,18)/t12-,13?/m0/s1. The quantitative estimate of drug-likeness (QED) is 0.674. The molecular weight excluding hydrogens is 312 g/mol. The predicted molar refractivity (Wildman–Crippen MR) is 80.5 cm³/mol. The number of carboxylic acid groups (broad SMARTS) is 1. The molecular formula is C14H21FNO5P. The molecule has 1 aromatic rings. The van der Waals surface area contributed by atoms with E-state index in [0.717, 1.165) is 0 Å². The fourth-order valence-corrected chi connectivity index (χ4v) is 3.46. The highest BCUT2D eigenvalue weighted by Gasteiger charge is 2.37. The van der Waals surface area contributed by atoms with Crippen LogP contribution in [0, 0.1) is 0 Å². The van der Waals surface area contributed by atoms with Gasteiger partial charge in [0.05, 0.1) is 13.2 Å². The molecule has 0 amide bonds. The molecule has 8 heteroatoms. The lowest BCUT2D eigenvalue weighted by molar-refractivity contribution is -0.138. The molecule has 0 aliphatic rings. The van der Waals surface area contributed by atoms with E-state index in [1.807, 2.05) is 0 Å². The van der Waals surface area contributed by atoms with Crippen LogP contribution in [0.3, 0.4) is 0 Å². The number of halogens is 1. The van der Waals surface area contributed by atoms with Crippen molar-refractivity contribution in [2.75, 3.05) is 13.2 Å². The van der Waals surface area contributed by atoms with Gasteiger partial charge in [0.1, 0.15) is 6.04 Å². The Morgan fingerprint density at radius 2 is 1.77 bits per heavy atom. The highest BCUT2D eigenvalue weighted by molar-refractivity contribution is 7.54. The van der Waals surface area contributed by atoms with Crippen LogP contribution in [-0.2, 0) is 24.8 Å². The molecule has 0 aliphatic heterocycles. The summed E-state index contributed by atoms with van der Waals surface area (Å²) >= 11 is 0. The van der Waals surface area contributed by atoms with E-state index in [-0.39, 0.29) is 25.2 Å². The Balaban J connectivity index is 2.88. The molecule has 0 aliphatic carbocycles. The van der Waals surface area contributed by atoms with Gasteiger partial charge in [-0.05, 0) is 31.4 Å². The summed E-state index contributed by atoms with van der Waals surface area (Å²) in [5.41, 5.74) is 6.23. The van der Waals surface area contributed by atoms with Crippen LogP contribution in [0.25, 0.3) is 0 Å². The van der Waals surface area contributed by atoms with Crippen LogP contribution in [0.5, 0.6) is 0 Å². The maximum Gasteiger partial charge on any atom is 0.369 e. The summed E-state index contributed by atoms with van der Waals surface area (Å²) in [5, 5.41) is 8.76. The maximum absolute atomic E-state index is 14.4. The van der Waals surface area contributed by atoms with E-state index in [1.165, 1.54) is 12.1 Å². The first-order chi connectivity index (χ1) is 10.3. The van der Waals surface area contributed by atoms with E-state index in [9.17, 15) is 13.8 Å². The summed E-state index contributed by atoms with van der Waals surface area (Å²) in [6, 6.07) is 4.93. The second-order valence-corrected chi connectivity index (χ2v) is 6.65. The molecule has 2 atom stereocenters. The van der Waals surface area contributed by atoms with Crippen LogP contribution < -0.4 is 5.73 Å². The van der Waals surface area contributed by atoms with Crippen molar-refractivity contribution in [2.45, 2.75) is 32.2 Å². The molecule has 0 saturated heterocycles. The molecule has 0 radical (unpaired) electrons. The summed E-state index contributed by atoms with van der Waals surface area (Å²) < 4.78 is 36.7. The van der Waals surface area contributed by atoms with Gasteiger partial charge in [0, 0.05) is 0 Å². The smallest absolute Gasteiger partial charge is 0.369 e. The Bertz CT molecular complexity index is 527. The summed E-state index contributed by atoms with van der Waals surface area (Å²) in [5.74, 6) is -3.00. The zero-order chi connectivity index (χ0) is 16.8. The molecule has 124 valence electrons. The van der Waals surface area contributed by atoms with Crippen LogP contribution in [0.1, 0.15) is 30.9 Å². The van der Waals surface area contributed by atoms with Crippen molar-refractivity contribution in [1.82, 2.24) is 0 Å². The van der Waals surface area contributed by atoms with Gasteiger partial charge < -0.3 is 19.9 Å². The fraction of sp³-hybridized carbons (Fsp3) is 0.500. The van der Waals surface area contributed by atoms with Gasteiger partial charge in [0.25, 0.3) is 0 Å². The van der Waals surface area contributed by atoms with E-state index >= 15 is 0 Å². The Morgan fingerprint density at radius 1 is 1.27 bits per heavy atom. The normalized spacial score (nSPS) is 14.5. The third kappa shape index (κ3) is 4.88. The zero-order valence-electron chi connectivity index (χ0n) is 12.6. The highest BCUT2D eigenvalue weighted by Crippen LogP contribution is 2.61. The predicted octanol–water partition coefficient (Wildman–Crippen LogP) is 2.88. The summed E-state index contributed by atoms with van der Waals surface area (Å²) in [6.45, 7) is 3.36. The van der Waals surface area contributed by atoms with E-state index in [2.05, 4.69) is 0 Å². The van der Waals surface area contributed by atoms with E-state index in [0.29, 0.717) is 5.56 Å². The van der Waals surface area contributed by atoms with Gasteiger partial charge in [0.2, 0.25) is 5.91 Å². The molecule has 0 fully saturated rings. The minimum absolute atomic E-state index is 0.0727. The van der Waals surface area contributed by atoms with Gasteiger partial charge in [-0.3, -0.25) is 9.36 Å². The lowest BCUT2D eigenvalue weighted by atomic mass is 10.1. The number of hydrogen-bond donors (Lipinski definition) is 2. The van der Waals surface area contributed by atoms with Gasteiger partial charge in [0.15, 0.2) is 0 Å². The highest BCUT2D eigenvalue weighted by atomic mass is 31.2.